The zero-order valence-electron chi connectivity index (χ0n) is 10.7. The minimum absolute atomic E-state index is 0.0880. The van der Waals surface area contributed by atoms with E-state index in [-0.39, 0.29) is 11.8 Å². The van der Waals surface area contributed by atoms with Crippen molar-refractivity contribution in [1.29, 1.82) is 0 Å². The molecule has 0 fully saturated rings. The maximum Gasteiger partial charge on any atom is 0.271 e. The van der Waals surface area contributed by atoms with Crippen molar-refractivity contribution in [1.82, 2.24) is 5.01 Å². The van der Waals surface area contributed by atoms with Gasteiger partial charge in [-0.05, 0) is 24.6 Å². The fourth-order valence-electron chi connectivity index (χ4n) is 1.71. The van der Waals surface area contributed by atoms with Gasteiger partial charge in [0.15, 0.2) is 0 Å². The van der Waals surface area contributed by atoms with Gasteiger partial charge >= 0.3 is 0 Å². The predicted molar refractivity (Wildman–Crippen MR) is 74.3 cm³/mol. The molecule has 1 aromatic rings. The van der Waals surface area contributed by atoms with E-state index in [1.54, 1.807) is 12.1 Å². The second-order valence-electron chi connectivity index (χ2n) is 4.38. The van der Waals surface area contributed by atoms with Crippen molar-refractivity contribution in [2.45, 2.75) is 19.8 Å². The highest BCUT2D eigenvalue weighted by atomic mass is 35.5. The molecule has 1 aliphatic rings. The van der Waals surface area contributed by atoms with Crippen LogP contribution in [0.15, 0.2) is 23.3 Å². The van der Waals surface area contributed by atoms with E-state index in [2.05, 4.69) is 10.4 Å². The van der Waals surface area contributed by atoms with E-state index in [4.69, 9.17) is 11.6 Å². The molecule has 1 N–H and O–H groups in total. The first-order valence-electron chi connectivity index (χ1n) is 5.89. The second kappa shape index (κ2) is 5.40. The Bertz CT molecular complexity index is 569. The maximum absolute atomic E-state index is 12.0. The summed E-state index contributed by atoms with van der Waals surface area (Å²) < 4.78 is 0. The number of nitrogens with zero attached hydrogens (tertiary/aromatic N) is 2. The molecule has 0 aliphatic carbocycles. The first kappa shape index (κ1) is 13.5. The molecule has 0 saturated carbocycles. The predicted octanol–water partition coefficient (Wildman–Crippen LogP) is 2.20. The third-order valence-corrected chi connectivity index (χ3v) is 3.31. The van der Waals surface area contributed by atoms with E-state index in [9.17, 15) is 9.59 Å². The fraction of sp³-hybridized carbons (Fsp3) is 0.308. The fourth-order valence-corrected chi connectivity index (χ4v) is 1.89. The molecule has 19 heavy (non-hydrogen) atoms. The van der Waals surface area contributed by atoms with Crippen LogP contribution in [0.1, 0.15) is 18.4 Å². The average molecular weight is 280 g/mol. The number of carbonyl (C=O) groups is 2. The smallest absolute Gasteiger partial charge is 0.271 e. The number of hydrogen-bond acceptors (Lipinski definition) is 3. The number of halogens is 1. The van der Waals surface area contributed by atoms with Gasteiger partial charge in [0.05, 0.1) is 0 Å². The lowest BCUT2D eigenvalue weighted by Gasteiger charge is -2.19. The molecule has 6 heteroatoms. The van der Waals surface area contributed by atoms with Gasteiger partial charge in [-0.1, -0.05) is 17.7 Å². The molecule has 0 spiro atoms. The van der Waals surface area contributed by atoms with Crippen LogP contribution in [-0.4, -0.2) is 29.6 Å². The highest BCUT2D eigenvalue weighted by molar-refractivity contribution is 6.43. The number of anilines is 1. The van der Waals surface area contributed by atoms with E-state index in [0.29, 0.717) is 29.3 Å². The molecule has 0 radical (unpaired) electrons. The van der Waals surface area contributed by atoms with Crippen molar-refractivity contribution in [2.24, 2.45) is 5.10 Å². The van der Waals surface area contributed by atoms with Crippen molar-refractivity contribution < 1.29 is 9.59 Å². The lowest BCUT2D eigenvalue weighted by atomic mass is 10.1. The van der Waals surface area contributed by atoms with Gasteiger partial charge in [0.2, 0.25) is 5.91 Å². The third-order valence-electron chi connectivity index (χ3n) is 2.90. The monoisotopic (exact) mass is 279 g/mol. The van der Waals surface area contributed by atoms with E-state index in [0.717, 1.165) is 5.56 Å². The molecule has 0 unspecified atom stereocenters. The molecule has 0 saturated heterocycles. The van der Waals surface area contributed by atoms with Crippen LogP contribution in [0.4, 0.5) is 5.69 Å². The Morgan fingerprint density at radius 2 is 2.16 bits per heavy atom. The van der Waals surface area contributed by atoms with Crippen molar-refractivity contribution in [3.05, 3.63) is 28.8 Å². The van der Waals surface area contributed by atoms with Crippen LogP contribution < -0.4 is 5.32 Å². The summed E-state index contributed by atoms with van der Waals surface area (Å²) in [7, 11) is 1.54. The standard InChI is InChI=1S/C13H14ClN3O2/c1-8-3-4-9(7-10(8)14)15-13(19)11-5-6-12(18)17(2)16-11/h3-4,7H,5-6H2,1-2H3,(H,15,19). The molecule has 2 amide bonds. The Morgan fingerprint density at radius 1 is 1.42 bits per heavy atom. The van der Waals surface area contributed by atoms with Crippen LogP contribution in [0, 0.1) is 6.92 Å². The summed E-state index contributed by atoms with van der Waals surface area (Å²) in [5.41, 5.74) is 1.90. The summed E-state index contributed by atoms with van der Waals surface area (Å²) in [6, 6.07) is 5.29. The van der Waals surface area contributed by atoms with Gasteiger partial charge in [0.1, 0.15) is 5.71 Å². The highest BCUT2D eigenvalue weighted by Crippen LogP contribution is 2.20. The maximum atomic E-state index is 12.0. The highest BCUT2D eigenvalue weighted by Gasteiger charge is 2.21. The van der Waals surface area contributed by atoms with Crippen molar-refractivity contribution in [3.8, 4) is 0 Å². The van der Waals surface area contributed by atoms with Gasteiger partial charge in [0.25, 0.3) is 5.91 Å². The molecule has 0 bridgehead atoms. The molecule has 2 rings (SSSR count). The number of amides is 2. The summed E-state index contributed by atoms with van der Waals surface area (Å²) in [5, 5.41) is 8.47. The van der Waals surface area contributed by atoms with Crippen LogP contribution in [0.3, 0.4) is 0 Å². The van der Waals surface area contributed by atoms with E-state index in [1.807, 2.05) is 13.0 Å². The summed E-state index contributed by atoms with van der Waals surface area (Å²) in [6.45, 7) is 1.89. The topological polar surface area (TPSA) is 61.8 Å². The number of carbonyl (C=O) groups excluding carboxylic acids is 2. The number of hydrazone groups is 1. The number of nitrogens with one attached hydrogen (secondary N) is 1. The molecular formula is C13H14ClN3O2. The van der Waals surface area contributed by atoms with Gasteiger partial charge in [-0.15, -0.1) is 0 Å². The van der Waals surface area contributed by atoms with Crippen molar-refractivity contribution in [3.63, 3.8) is 0 Å². The summed E-state index contributed by atoms with van der Waals surface area (Å²) in [4.78, 5) is 23.3. The molecule has 0 aromatic heterocycles. The molecule has 0 atom stereocenters. The zero-order valence-corrected chi connectivity index (χ0v) is 11.5. The zero-order chi connectivity index (χ0) is 14.0. The summed E-state index contributed by atoms with van der Waals surface area (Å²) in [6.07, 6.45) is 0.659. The Hall–Kier alpha value is -1.88. The van der Waals surface area contributed by atoms with Crippen molar-refractivity contribution in [2.75, 3.05) is 12.4 Å². The largest absolute Gasteiger partial charge is 0.321 e. The van der Waals surface area contributed by atoms with Crippen LogP contribution >= 0.6 is 11.6 Å². The van der Waals surface area contributed by atoms with E-state index >= 15 is 0 Å². The van der Waals surface area contributed by atoms with Gasteiger partial charge in [-0.25, -0.2) is 5.01 Å². The number of benzene rings is 1. The van der Waals surface area contributed by atoms with Gasteiger partial charge in [0, 0.05) is 30.6 Å². The lowest BCUT2D eigenvalue weighted by molar-refractivity contribution is -0.130. The Balaban J connectivity index is 2.11. The second-order valence-corrected chi connectivity index (χ2v) is 4.79. The van der Waals surface area contributed by atoms with Gasteiger partial charge in [-0.2, -0.15) is 5.10 Å². The van der Waals surface area contributed by atoms with Crippen LogP contribution in [-0.2, 0) is 9.59 Å². The SMILES string of the molecule is Cc1ccc(NC(=O)C2=NN(C)C(=O)CC2)cc1Cl. The van der Waals surface area contributed by atoms with Crippen molar-refractivity contribution >= 4 is 34.8 Å². The first-order valence-corrected chi connectivity index (χ1v) is 6.26. The first-order chi connectivity index (χ1) is 8.97. The summed E-state index contributed by atoms with van der Waals surface area (Å²) in [5.74, 6) is -0.394. The molecular weight excluding hydrogens is 266 g/mol. The number of rotatable bonds is 2. The normalized spacial score (nSPS) is 15.2. The molecule has 100 valence electrons. The average Bonchev–Trinajstić information content (AvgIpc) is 2.37. The Kier molecular flexibility index (Phi) is 3.85. The Morgan fingerprint density at radius 3 is 2.79 bits per heavy atom. The third kappa shape index (κ3) is 3.12. The van der Waals surface area contributed by atoms with E-state index < -0.39 is 0 Å². The lowest BCUT2D eigenvalue weighted by Crippen LogP contribution is -2.34. The van der Waals surface area contributed by atoms with Crippen LogP contribution in [0.2, 0.25) is 5.02 Å². The molecule has 1 heterocycles. The summed E-state index contributed by atoms with van der Waals surface area (Å²) >= 11 is 5.99. The molecule has 5 nitrogen and oxygen atoms in total. The molecule has 1 aromatic carbocycles. The van der Waals surface area contributed by atoms with Gasteiger partial charge in [-0.3, -0.25) is 9.59 Å². The number of hydrogen-bond donors (Lipinski definition) is 1. The van der Waals surface area contributed by atoms with E-state index in [1.165, 1.54) is 12.1 Å². The Labute approximate surface area is 116 Å². The minimum atomic E-state index is -0.306. The quantitative estimate of drug-likeness (QED) is 0.902. The minimum Gasteiger partial charge on any atom is -0.321 e. The molecule has 1 aliphatic heterocycles. The van der Waals surface area contributed by atoms with Crippen LogP contribution in [0.5, 0.6) is 0 Å². The van der Waals surface area contributed by atoms with Crippen LogP contribution in [0.25, 0.3) is 0 Å². The van der Waals surface area contributed by atoms with Gasteiger partial charge < -0.3 is 5.32 Å². The number of aryl methyl sites for hydroxylation is 1.